The number of rotatable bonds is 8. The number of carbonyl (C=O) groups is 2. The molecule has 7 nitrogen and oxygen atoms in total. The lowest BCUT2D eigenvalue weighted by Crippen LogP contribution is -2.37. The Labute approximate surface area is 211 Å². The molecule has 2 heterocycles. The zero-order valence-electron chi connectivity index (χ0n) is 20.7. The predicted molar refractivity (Wildman–Crippen MR) is 137 cm³/mol. The van der Waals surface area contributed by atoms with Gasteiger partial charge in [0.1, 0.15) is 5.92 Å². The molecule has 0 radical (unpaired) electrons. The van der Waals surface area contributed by atoms with E-state index in [0.29, 0.717) is 23.8 Å². The van der Waals surface area contributed by atoms with Crippen molar-refractivity contribution in [2.24, 2.45) is 5.92 Å². The Balaban J connectivity index is 1.55. The van der Waals surface area contributed by atoms with Crippen molar-refractivity contribution in [3.63, 3.8) is 0 Å². The number of anilines is 2. The van der Waals surface area contributed by atoms with Crippen molar-refractivity contribution >= 4 is 23.2 Å². The lowest BCUT2D eigenvalue weighted by atomic mass is 9.90. The Kier molecular flexibility index (Phi) is 6.65. The van der Waals surface area contributed by atoms with E-state index in [1.54, 1.807) is 18.2 Å². The molecule has 2 saturated heterocycles. The second kappa shape index (κ2) is 10.0. The van der Waals surface area contributed by atoms with E-state index in [2.05, 4.69) is 6.92 Å². The molecule has 7 heteroatoms. The van der Waals surface area contributed by atoms with Gasteiger partial charge in [-0.3, -0.25) is 14.4 Å². The second-order valence-electron chi connectivity index (χ2n) is 9.12. The summed E-state index contributed by atoms with van der Waals surface area (Å²) in [5.41, 5.74) is 3.10. The average Bonchev–Trinajstić information content (AvgIpc) is 3.40. The molecule has 0 saturated carbocycles. The van der Waals surface area contributed by atoms with Gasteiger partial charge in [-0.15, -0.1) is 0 Å². The van der Waals surface area contributed by atoms with Crippen molar-refractivity contribution in [3.8, 4) is 11.5 Å². The van der Waals surface area contributed by atoms with Crippen LogP contribution in [0.15, 0.2) is 72.8 Å². The van der Waals surface area contributed by atoms with Crippen LogP contribution < -0.4 is 19.4 Å². The van der Waals surface area contributed by atoms with Gasteiger partial charge in [-0.05, 0) is 60.9 Å². The van der Waals surface area contributed by atoms with Gasteiger partial charge in [-0.1, -0.05) is 49.7 Å². The van der Waals surface area contributed by atoms with E-state index in [1.165, 1.54) is 4.90 Å². The number of fused-ring (bicyclic) bond motifs is 1. The van der Waals surface area contributed by atoms with Gasteiger partial charge in [0.25, 0.3) is 5.91 Å². The number of methoxy groups -OCH3 is 1. The van der Waals surface area contributed by atoms with E-state index in [4.69, 9.17) is 14.3 Å². The van der Waals surface area contributed by atoms with Gasteiger partial charge in [0.15, 0.2) is 17.6 Å². The minimum atomic E-state index is -0.922. The van der Waals surface area contributed by atoms with Crippen molar-refractivity contribution in [2.75, 3.05) is 23.7 Å². The molecule has 0 aromatic heterocycles. The van der Waals surface area contributed by atoms with Crippen LogP contribution in [0.3, 0.4) is 0 Å². The Morgan fingerprint density at radius 2 is 1.67 bits per heavy atom. The summed E-state index contributed by atoms with van der Waals surface area (Å²) >= 11 is 0. The monoisotopic (exact) mass is 486 g/mol. The average molecular weight is 487 g/mol. The summed E-state index contributed by atoms with van der Waals surface area (Å²) in [6.45, 7) is 4.64. The highest BCUT2D eigenvalue weighted by atomic mass is 16.7. The standard InChI is InChI=1S/C29H30N2O5/c1-4-5-16-35-23-15-14-20(18-24(23)34-3)26-25-27(36-31(26)21-11-7-6-8-12-21)29(33)30(28(25)32)22-13-9-10-19(2)17-22/h6-15,17-18,25-27H,4-5,16H2,1-3H3/t25-,26+,27-/m0/s1. The molecule has 0 spiro atoms. The van der Waals surface area contributed by atoms with Crippen LogP contribution in [0.25, 0.3) is 0 Å². The van der Waals surface area contributed by atoms with Gasteiger partial charge in [-0.2, -0.15) is 0 Å². The number of hydrogen-bond donors (Lipinski definition) is 0. The smallest absolute Gasteiger partial charge is 0.266 e. The molecule has 3 atom stereocenters. The van der Waals surface area contributed by atoms with Crippen LogP contribution in [0.1, 0.15) is 36.9 Å². The number of ether oxygens (including phenoxy) is 2. The molecule has 2 aliphatic heterocycles. The molecular weight excluding hydrogens is 456 g/mol. The summed E-state index contributed by atoms with van der Waals surface area (Å²) in [7, 11) is 1.60. The summed E-state index contributed by atoms with van der Waals surface area (Å²) in [6.07, 6.45) is 1.05. The fourth-order valence-electron chi connectivity index (χ4n) is 4.89. The number of aryl methyl sites for hydroxylation is 1. The first-order chi connectivity index (χ1) is 17.5. The number of unbranched alkanes of at least 4 members (excludes halogenated alkanes) is 1. The van der Waals surface area contributed by atoms with Crippen LogP contribution in [0.2, 0.25) is 0 Å². The van der Waals surface area contributed by atoms with Crippen LogP contribution >= 0.6 is 0 Å². The summed E-state index contributed by atoms with van der Waals surface area (Å²) in [4.78, 5) is 34.8. The largest absolute Gasteiger partial charge is 0.493 e. The van der Waals surface area contributed by atoms with Crippen LogP contribution in [-0.4, -0.2) is 31.6 Å². The van der Waals surface area contributed by atoms with Gasteiger partial charge < -0.3 is 9.47 Å². The molecule has 0 aliphatic carbocycles. The third-order valence-electron chi connectivity index (χ3n) is 6.67. The number of hydrogen-bond acceptors (Lipinski definition) is 6. The summed E-state index contributed by atoms with van der Waals surface area (Å²) in [6, 6.07) is 22.0. The highest BCUT2D eigenvalue weighted by molar-refractivity contribution is 6.24. The van der Waals surface area contributed by atoms with E-state index in [-0.39, 0.29) is 11.8 Å². The molecule has 5 rings (SSSR count). The van der Waals surface area contributed by atoms with Crippen molar-refractivity contribution in [1.82, 2.24) is 0 Å². The normalized spacial score (nSPS) is 21.1. The highest BCUT2D eigenvalue weighted by Crippen LogP contribution is 2.48. The highest BCUT2D eigenvalue weighted by Gasteiger charge is 2.60. The molecule has 0 bridgehead atoms. The van der Waals surface area contributed by atoms with E-state index in [9.17, 15) is 9.59 Å². The Bertz CT molecular complexity index is 1260. The summed E-state index contributed by atoms with van der Waals surface area (Å²) in [5, 5.41) is 1.69. The number of carbonyl (C=O) groups excluding carboxylic acids is 2. The lowest BCUT2D eigenvalue weighted by Gasteiger charge is -2.29. The van der Waals surface area contributed by atoms with E-state index in [1.807, 2.05) is 73.7 Å². The van der Waals surface area contributed by atoms with E-state index in [0.717, 1.165) is 29.7 Å². The molecule has 3 aromatic rings. The fraction of sp³-hybridized carbons (Fsp3) is 0.310. The van der Waals surface area contributed by atoms with Crippen molar-refractivity contribution in [1.29, 1.82) is 0 Å². The van der Waals surface area contributed by atoms with Crippen LogP contribution in [0.4, 0.5) is 11.4 Å². The van der Waals surface area contributed by atoms with Gasteiger partial charge >= 0.3 is 0 Å². The number of hydroxylamine groups is 1. The quantitative estimate of drug-likeness (QED) is 0.321. The van der Waals surface area contributed by atoms with Gasteiger partial charge in [0.05, 0.1) is 31.1 Å². The summed E-state index contributed by atoms with van der Waals surface area (Å²) < 4.78 is 11.5. The molecule has 36 heavy (non-hydrogen) atoms. The number of imide groups is 1. The van der Waals surface area contributed by atoms with Gasteiger partial charge in [0.2, 0.25) is 5.91 Å². The van der Waals surface area contributed by atoms with Crippen LogP contribution in [0, 0.1) is 12.8 Å². The first-order valence-electron chi connectivity index (χ1n) is 12.3. The minimum Gasteiger partial charge on any atom is -0.493 e. The third kappa shape index (κ3) is 4.20. The van der Waals surface area contributed by atoms with Crippen molar-refractivity contribution < 1.29 is 23.9 Å². The maximum absolute atomic E-state index is 13.8. The summed E-state index contributed by atoms with van der Waals surface area (Å²) in [5.74, 6) is -0.124. The van der Waals surface area contributed by atoms with Crippen LogP contribution in [-0.2, 0) is 14.4 Å². The zero-order chi connectivity index (χ0) is 25.2. The maximum atomic E-state index is 13.8. The predicted octanol–water partition coefficient (Wildman–Crippen LogP) is 5.23. The molecule has 2 amide bonds. The number of para-hydroxylation sites is 1. The molecule has 0 N–H and O–H groups in total. The molecule has 186 valence electrons. The SMILES string of the molecule is CCCCOc1ccc([C@@H]2[C@@H]3C(=O)N(c4cccc(C)c4)C(=O)[C@H]3ON2c2ccccc2)cc1OC. The van der Waals surface area contributed by atoms with Crippen LogP contribution in [0.5, 0.6) is 11.5 Å². The Morgan fingerprint density at radius 3 is 2.39 bits per heavy atom. The van der Waals surface area contributed by atoms with Crippen molar-refractivity contribution in [2.45, 2.75) is 38.8 Å². The fourth-order valence-corrected chi connectivity index (χ4v) is 4.89. The topological polar surface area (TPSA) is 68.3 Å². The Hall–Kier alpha value is -3.84. The number of benzene rings is 3. The second-order valence-corrected chi connectivity index (χ2v) is 9.12. The van der Waals surface area contributed by atoms with Gasteiger partial charge in [-0.25, -0.2) is 9.96 Å². The van der Waals surface area contributed by atoms with E-state index < -0.39 is 18.1 Å². The zero-order valence-corrected chi connectivity index (χ0v) is 20.7. The molecule has 2 aliphatic rings. The molecule has 3 aromatic carbocycles. The number of amides is 2. The van der Waals surface area contributed by atoms with E-state index >= 15 is 0 Å². The first-order valence-corrected chi connectivity index (χ1v) is 12.3. The first kappa shape index (κ1) is 23.9. The van der Waals surface area contributed by atoms with Gasteiger partial charge in [0, 0.05) is 0 Å². The minimum absolute atomic E-state index is 0.277. The molecule has 0 unspecified atom stereocenters. The third-order valence-corrected chi connectivity index (χ3v) is 6.67. The molecular formula is C29H30N2O5. The lowest BCUT2D eigenvalue weighted by molar-refractivity contribution is -0.126. The molecule has 2 fully saturated rings. The number of nitrogens with zero attached hydrogens (tertiary/aromatic N) is 2. The Morgan fingerprint density at radius 1 is 0.889 bits per heavy atom. The maximum Gasteiger partial charge on any atom is 0.266 e. The van der Waals surface area contributed by atoms with Crippen molar-refractivity contribution in [3.05, 3.63) is 83.9 Å².